The number of rotatable bonds is 6. The molecule has 2 amide bonds. The van der Waals surface area contributed by atoms with Crippen LogP contribution < -0.4 is 10.6 Å². The van der Waals surface area contributed by atoms with Gasteiger partial charge in [0.25, 0.3) is 0 Å². The predicted molar refractivity (Wildman–Crippen MR) is 88.7 cm³/mol. The second-order valence-corrected chi connectivity index (χ2v) is 6.34. The minimum absolute atomic E-state index is 0.145. The lowest BCUT2D eigenvalue weighted by Crippen LogP contribution is -2.50. The Morgan fingerprint density at radius 2 is 1.91 bits per heavy atom. The molecule has 1 aliphatic rings. The lowest BCUT2D eigenvalue weighted by atomic mass is 9.97. The van der Waals surface area contributed by atoms with Crippen LogP contribution in [0.1, 0.15) is 49.8 Å². The summed E-state index contributed by atoms with van der Waals surface area (Å²) in [5, 5.41) is 15.8. The second-order valence-electron chi connectivity index (χ2n) is 6.34. The topological polar surface area (TPSA) is 78.4 Å². The van der Waals surface area contributed by atoms with E-state index < -0.39 is 12.1 Å². The van der Waals surface area contributed by atoms with E-state index in [0.717, 1.165) is 36.8 Å². The zero-order valence-corrected chi connectivity index (χ0v) is 13.8. The van der Waals surface area contributed by atoms with Gasteiger partial charge in [-0.05, 0) is 36.8 Å². The highest BCUT2D eigenvalue weighted by Gasteiger charge is 2.31. The SMILES string of the molecule is CC(=O)N[C@H](C(=O)NC[C@@H](O)c1ccccc1C)C1CCCC1. The summed E-state index contributed by atoms with van der Waals surface area (Å²) in [4.78, 5) is 23.8. The molecule has 2 atom stereocenters. The third-order valence-corrected chi connectivity index (χ3v) is 4.53. The standard InChI is InChI=1S/C18H26N2O3/c1-12-7-3-6-10-15(12)16(22)11-19-18(23)17(20-13(2)21)14-8-4-5-9-14/h3,6-7,10,14,16-17,22H,4-5,8-9,11H2,1-2H3,(H,19,23)(H,20,21)/t16-,17+/m1/s1. The fourth-order valence-electron chi connectivity index (χ4n) is 3.29. The van der Waals surface area contributed by atoms with E-state index in [2.05, 4.69) is 10.6 Å². The van der Waals surface area contributed by atoms with Crippen molar-refractivity contribution in [3.05, 3.63) is 35.4 Å². The molecule has 0 spiro atoms. The zero-order chi connectivity index (χ0) is 16.8. The van der Waals surface area contributed by atoms with Gasteiger partial charge in [0.05, 0.1) is 6.10 Å². The van der Waals surface area contributed by atoms with Crippen molar-refractivity contribution in [1.82, 2.24) is 10.6 Å². The number of carbonyl (C=O) groups excluding carboxylic acids is 2. The molecule has 1 fully saturated rings. The van der Waals surface area contributed by atoms with Crippen LogP contribution in [0.4, 0.5) is 0 Å². The molecule has 0 unspecified atom stereocenters. The second kappa shape index (κ2) is 8.11. The zero-order valence-electron chi connectivity index (χ0n) is 13.8. The smallest absolute Gasteiger partial charge is 0.242 e. The number of hydrogen-bond donors (Lipinski definition) is 3. The summed E-state index contributed by atoms with van der Waals surface area (Å²) in [5.74, 6) is -0.217. The third-order valence-electron chi connectivity index (χ3n) is 4.53. The van der Waals surface area contributed by atoms with Crippen LogP contribution in [0.3, 0.4) is 0 Å². The first kappa shape index (κ1) is 17.5. The Labute approximate surface area is 137 Å². The summed E-state index contributed by atoms with van der Waals surface area (Å²) in [6.07, 6.45) is 3.36. The first-order chi connectivity index (χ1) is 11.0. The van der Waals surface area contributed by atoms with Crippen LogP contribution in [0.15, 0.2) is 24.3 Å². The van der Waals surface area contributed by atoms with Crippen molar-refractivity contribution in [3.63, 3.8) is 0 Å². The van der Waals surface area contributed by atoms with Gasteiger partial charge in [-0.1, -0.05) is 37.1 Å². The van der Waals surface area contributed by atoms with Gasteiger partial charge in [0.1, 0.15) is 6.04 Å². The lowest BCUT2D eigenvalue weighted by molar-refractivity contribution is -0.129. The number of amides is 2. The molecule has 1 aromatic rings. The van der Waals surface area contributed by atoms with Crippen molar-refractivity contribution < 1.29 is 14.7 Å². The van der Waals surface area contributed by atoms with Crippen molar-refractivity contribution in [2.24, 2.45) is 5.92 Å². The van der Waals surface area contributed by atoms with Gasteiger partial charge in [-0.15, -0.1) is 0 Å². The average Bonchev–Trinajstić information content (AvgIpc) is 3.04. The molecule has 5 heteroatoms. The van der Waals surface area contributed by atoms with Crippen LogP contribution in [0, 0.1) is 12.8 Å². The van der Waals surface area contributed by atoms with E-state index in [9.17, 15) is 14.7 Å². The number of nitrogens with one attached hydrogen (secondary N) is 2. The molecule has 23 heavy (non-hydrogen) atoms. The van der Waals surface area contributed by atoms with Gasteiger partial charge >= 0.3 is 0 Å². The average molecular weight is 318 g/mol. The van der Waals surface area contributed by atoms with Crippen LogP contribution in [0.25, 0.3) is 0 Å². The highest BCUT2D eigenvalue weighted by molar-refractivity contribution is 5.87. The molecule has 1 aliphatic carbocycles. The summed E-state index contributed by atoms with van der Waals surface area (Å²) in [7, 11) is 0. The van der Waals surface area contributed by atoms with E-state index in [-0.39, 0.29) is 24.3 Å². The largest absolute Gasteiger partial charge is 0.387 e. The Kier molecular flexibility index (Phi) is 6.16. The van der Waals surface area contributed by atoms with E-state index >= 15 is 0 Å². The third kappa shape index (κ3) is 4.79. The maximum Gasteiger partial charge on any atom is 0.242 e. The Morgan fingerprint density at radius 1 is 1.26 bits per heavy atom. The molecule has 1 aromatic carbocycles. The van der Waals surface area contributed by atoms with Crippen LogP contribution in [0.2, 0.25) is 0 Å². The Hall–Kier alpha value is -1.88. The van der Waals surface area contributed by atoms with E-state index in [4.69, 9.17) is 0 Å². The van der Waals surface area contributed by atoms with Gasteiger partial charge in [-0.25, -0.2) is 0 Å². The van der Waals surface area contributed by atoms with Gasteiger partial charge in [0, 0.05) is 13.5 Å². The lowest BCUT2D eigenvalue weighted by Gasteiger charge is -2.24. The number of benzene rings is 1. The highest BCUT2D eigenvalue weighted by Crippen LogP contribution is 2.28. The van der Waals surface area contributed by atoms with Crippen molar-refractivity contribution >= 4 is 11.8 Å². The van der Waals surface area contributed by atoms with Crippen LogP contribution in [-0.4, -0.2) is 29.5 Å². The van der Waals surface area contributed by atoms with Gasteiger partial charge in [-0.2, -0.15) is 0 Å². The molecule has 0 aliphatic heterocycles. The number of aryl methyl sites for hydroxylation is 1. The maximum atomic E-state index is 12.4. The fourth-order valence-corrected chi connectivity index (χ4v) is 3.29. The van der Waals surface area contributed by atoms with Crippen molar-refractivity contribution in [2.45, 2.75) is 51.7 Å². The molecule has 0 radical (unpaired) electrons. The van der Waals surface area contributed by atoms with E-state index in [1.54, 1.807) is 0 Å². The monoisotopic (exact) mass is 318 g/mol. The van der Waals surface area contributed by atoms with Crippen molar-refractivity contribution in [3.8, 4) is 0 Å². The molecule has 5 nitrogen and oxygen atoms in total. The van der Waals surface area contributed by atoms with Crippen LogP contribution in [0.5, 0.6) is 0 Å². The normalized spacial score (nSPS) is 17.5. The molecular formula is C18H26N2O3. The molecule has 0 saturated heterocycles. The summed E-state index contributed by atoms with van der Waals surface area (Å²) >= 11 is 0. The van der Waals surface area contributed by atoms with Gasteiger partial charge in [0.2, 0.25) is 11.8 Å². The van der Waals surface area contributed by atoms with E-state index in [1.807, 2.05) is 31.2 Å². The highest BCUT2D eigenvalue weighted by atomic mass is 16.3. The quantitative estimate of drug-likeness (QED) is 0.749. The van der Waals surface area contributed by atoms with E-state index in [1.165, 1.54) is 6.92 Å². The summed E-state index contributed by atoms with van der Waals surface area (Å²) in [6, 6.07) is 7.07. The minimum atomic E-state index is -0.748. The van der Waals surface area contributed by atoms with E-state index in [0.29, 0.717) is 0 Å². The van der Waals surface area contributed by atoms with Crippen LogP contribution in [-0.2, 0) is 9.59 Å². The molecule has 126 valence electrons. The Bertz CT molecular complexity index is 553. The summed E-state index contributed by atoms with van der Waals surface area (Å²) in [6.45, 7) is 3.50. The number of carbonyl (C=O) groups is 2. The summed E-state index contributed by atoms with van der Waals surface area (Å²) in [5.41, 5.74) is 1.80. The minimum Gasteiger partial charge on any atom is -0.387 e. The molecule has 0 heterocycles. The molecule has 0 bridgehead atoms. The summed E-state index contributed by atoms with van der Waals surface area (Å²) < 4.78 is 0. The van der Waals surface area contributed by atoms with Crippen molar-refractivity contribution in [2.75, 3.05) is 6.54 Å². The van der Waals surface area contributed by atoms with Gasteiger partial charge in [-0.3, -0.25) is 9.59 Å². The molecule has 1 saturated carbocycles. The van der Waals surface area contributed by atoms with Gasteiger partial charge in [0.15, 0.2) is 0 Å². The first-order valence-electron chi connectivity index (χ1n) is 8.27. The molecule has 0 aromatic heterocycles. The van der Waals surface area contributed by atoms with Crippen LogP contribution >= 0.6 is 0 Å². The fraction of sp³-hybridized carbons (Fsp3) is 0.556. The number of aliphatic hydroxyl groups is 1. The molecular weight excluding hydrogens is 292 g/mol. The van der Waals surface area contributed by atoms with Crippen molar-refractivity contribution in [1.29, 1.82) is 0 Å². The first-order valence-corrected chi connectivity index (χ1v) is 8.27. The number of aliphatic hydroxyl groups excluding tert-OH is 1. The maximum absolute atomic E-state index is 12.4. The Balaban J connectivity index is 1.95. The molecule has 3 N–H and O–H groups in total. The predicted octanol–water partition coefficient (Wildman–Crippen LogP) is 1.84. The molecule has 2 rings (SSSR count). The Morgan fingerprint density at radius 3 is 2.52 bits per heavy atom. The number of hydrogen-bond acceptors (Lipinski definition) is 3. The van der Waals surface area contributed by atoms with Gasteiger partial charge < -0.3 is 15.7 Å².